The minimum absolute atomic E-state index is 0.0916. The normalized spacial score (nSPS) is 13.1. The van der Waals surface area contributed by atoms with Gasteiger partial charge in [0, 0.05) is 28.8 Å². The van der Waals surface area contributed by atoms with Gasteiger partial charge in [0.05, 0.1) is 18.0 Å². The van der Waals surface area contributed by atoms with Gasteiger partial charge in [-0.2, -0.15) is 0 Å². The lowest BCUT2D eigenvalue weighted by molar-refractivity contribution is -0.116. The van der Waals surface area contributed by atoms with Gasteiger partial charge in [-0.15, -0.1) is 11.8 Å². The van der Waals surface area contributed by atoms with Gasteiger partial charge in [-0.1, -0.05) is 42.5 Å². The number of nitrogens with zero attached hydrogens (tertiary/aromatic N) is 1. The molecule has 1 aliphatic heterocycles. The van der Waals surface area contributed by atoms with E-state index >= 15 is 0 Å². The van der Waals surface area contributed by atoms with E-state index in [9.17, 15) is 9.59 Å². The zero-order chi connectivity index (χ0) is 21.9. The Morgan fingerprint density at radius 2 is 1.88 bits per heavy atom. The first-order chi connectivity index (χ1) is 15.7. The maximum absolute atomic E-state index is 12.6. The van der Waals surface area contributed by atoms with E-state index in [0.29, 0.717) is 18.8 Å². The van der Waals surface area contributed by atoms with Gasteiger partial charge in [0.2, 0.25) is 5.91 Å². The number of rotatable bonds is 5. The van der Waals surface area contributed by atoms with Gasteiger partial charge < -0.3 is 20.5 Å². The molecular weight excluding hydrogens is 420 g/mol. The minimum Gasteiger partial charge on any atom is -0.361 e. The van der Waals surface area contributed by atoms with E-state index in [4.69, 9.17) is 0 Å². The molecule has 6 nitrogen and oxygen atoms in total. The van der Waals surface area contributed by atoms with Crippen LogP contribution in [0.3, 0.4) is 0 Å². The molecule has 0 atom stereocenters. The Morgan fingerprint density at radius 1 is 1.00 bits per heavy atom. The maximum Gasteiger partial charge on any atom is 0.319 e. The van der Waals surface area contributed by atoms with Crippen molar-refractivity contribution in [1.29, 1.82) is 0 Å². The van der Waals surface area contributed by atoms with E-state index in [1.165, 1.54) is 0 Å². The molecule has 0 unspecified atom stereocenters. The molecule has 0 saturated carbocycles. The lowest BCUT2D eigenvalue weighted by Gasteiger charge is -2.29. The number of carbonyl (C=O) groups is 2. The van der Waals surface area contributed by atoms with E-state index < -0.39 is 0 Å². The van der Waals surface area contributed by atoms with Crippen LogP contribution in [-0.4, -0.2) is 22.7 Å². The molecule has 0 aliphatic carbocycles. The second-order valence-corrected chi connectivity index (χ2v) is 8.66. The number of aromatic amines is 1. The van der Waals surface area contributed by atoms with Gasteiger partial charge in [0.25, 0.3) is 0 Å². The SMILES string of the molecule is O=C(NCc1ccc2c(c1)N(Cc1ccccc1)C(=O)CS2)Nc1ccc2cc[nH]c2c1. The van der Waals surface area contributed by atoms with Crippen molar-refractivity contribution in [3.8, 4) is 0 Å². The van der Waals surface area contributed by atoms with Crippen LogP contribution in [0.4, 0.5) is 16.2 Å². The molecule has 0 bridgehead atoms. The molecule has 0 spiro atoms. The molecular formula is C25H22N4O2S. The van der Waals surface area contributed by atoms with Gasteiger partial charge in [0.15, 0.2) is 0 Å². The van der Waals surface area contributed by atoms with E-state index in [0.717, 1.165) is 38.3 Å². The van der Waals surface area contributed by atoms with Gasteiger partial charge >= 0.3 is 6.03 Å². The summed E-state index contributed by atoms with van der Waals surface area (Å²) >= 11 is 1.55. The van der Waals surface area contributed by atoms with Crippen molar-refractivity contribution in [1.82, 2.24) is 10.3 Å². The average molecular weight is 443 g/mol. The van der Waals surface area contributed by atoms with Crippen molar-refractivity contribution in [3.63, 3.8) is 0 Å². The second kappa shape index (κ2) is 8.80. The molecule has 160 valence electrons. The van der Waals surface area contributed by atoms with Crippen LogP contribution in [-0.2, 0) is 17.9 Å². The number of nitrogens with one attached hydrogen (secondary N) is 3. The Bertz CT molecular complexity index is 1290. The van der Waals surface area contributed by atoms with Crippen LogP contribution < -0.4 is 15.5 Å². The summed E-state index contributed by atoms with van der Waals surface area (Å²) < 4.78 is 0. The molecule has 2 heterocycles. The first kappa shape index (κ1) is 20.2. The van der Waals surface area contributed by atoms with Crippen molar-refractivity contribution >= 4 is 46.0 Å². The monoisotopic (exact) mass is 442 g/mol. The summed E-state index contributed by atoms with van der Waals surface area (Å²) in [5, 5.41) is 6.86. The van der Waals surface area contributed by atoms with E-state index in [1.807, 2.05) is 83.9 Å². The number of hydrogen-bond donors (Lipinski definition) is 3. The van der Waals surface area contributed by atoms with Crippen LogP contribution in [0, 0.1) is 0 Å². The number of H-pyrrole nitrogens is 1. The van der Waals surface area contributed by atoms with Crippen LogP contribution in [0.25, 0.3) is 10.9 Å². The zero-order valence-electron chi connectivity index (χ0n) is 17.3. The fourth-order valence-corrected chi connectivity index (χ4v) is 4.70. The Labute approximate surface area is 190 Å². The van der Waals surface area contributed by atoms with Crippen molar-refractivity contribution in [2.45, 2.75) is 18.0 Å². The molecule has 3 N–H and O–H groups in total. The number of anilines is 2. The molecule has 32 heavy (non-hydrogen) atoms. The van der Waals surface area contributed by atoms with Gasteiger partial charge in [-0.05, 0) is 46.8 Å². The molecule has 0 radical (unpaired) electrons. The molecule has 1 aliphatic rings. The summed E-state index contributed by atoms with van der Waals surface area (Å²) in [6.45, 7) is 0.897. The number of fused-ring (bicyclic) bond motifs is 2. The largest absolute Gasteiger partial charge is 0.361 e. The molecule has 1 aromatic heterocycles. The molecule has 5 rings (SSSR count). The summed E-state index contributed by atoms with van der Waals surface area (Å²) in [6, 6.07) is 23.4. The Kier molecular flexibility index (Phi) is 5.56. The van der Waals surface area contributed by atoms with Crippen LogP contribution in [0.15, 0.2) is 83.9 Å². The van der Waals surface area contributed by atoms with Gasteiger partial charge in [-0.3, -0.25) is 4.79 Å². The Balaban J connectivity index is 1.27. The highest BCUT2D eigenvalue weighted by molar-refractivity contribution is 8.00. The van der Waals surface area contributed by atoms with Crippen molar-refractivity contribution in [2.75, 3.05) is 16.0 Å². The summed E-state index contributed by atoms with van der Waals surface area (Å²) in [7, 11) is 0. The molecule has 3 aromatic carbocycles. The number of carbonyl (C=O) groups excluding carboxylic acids is 2. The van der Waals surface area contributed by atoms with E-state index in [1.54, 1.807) is 11.8 Å². The molecule has 0 fully saturated rings. The smallest absolute Gasteiger partial charge is 0.319 e. The van der Waals surface area contributed by atoms with Gasteiger partial charge in [0.1, 0.15) is 0 Å². The third kappa shape index (κ3) is 4.33. The standard InChI is InChI=1S/C25H22N4O2S/c30-24-16-32-23-9-6-18(12-22(23)29(24)15-17-4-2-1-3-5-17)14-27-25(31)28-20-8-7-19-10-11-26-21(19)13-20/h1-13,26H,14-16H2,(H2,27,28,31). The summed E-state index contributed by atoms with van der Waals surface area (Å²) in [4.78, 5) is 31.1. The fourth-order valence-electron chi connectivity index (χ4n) is 3.78. The molecule has 7 heteroatoms. The second-order valence-electron chi connectivity index (χ2n) is 7.64. The van der Waals surface area contributed by atoms with E-state index in [-0.39, 0.29) is 11.9 Å². The third-order valence-corrected chi connectivity index (χ3v) is 6.46. The quantitative estimate of drug-likeness (QED) is 0.401. The highest BCUT2D eigenvalue weighted by atomic mass is 32.2. The lowest BCUT2D eigenvalue weighted by atomic mass is 10.1. The molecule has 0 saturated heterocycles. The topological polar surface area (TPSA) is 77.2 Å². The summed E-state index contributed by atoms with van der Waals surface area (Å²) in [6.07, 6.45) is 1.87. The minimum atomic E-state index is -0.278. The number of urea groups is 1. The summed E-state index contributed by atoms with van der Waals surface area (Å²) in [5.41, 5.74) is 4.61. The highest BCUT2D eigenvalue weighted by Crippen LogP contribution is 2.36. The fraction of sp³-hybridized carbons (Fsp3) is 0.120. The van der Waals surface area contributed by atoms with Crippen molar-refractivity contribution in [2.24, 2.45) is 0 Å². The van der Waals surface area contributed by atoms with Crippen LogP contribution in [0.1, 0.15) is 11.1 Å². The third-order valence-electron chi connectivity index (χ3n) is 5.42. The van der Waals surface area contributed by atoms with Crippen LogP contribution in [0.2, 0.25) is 0 Å². The number of aromatic nitrogens is 1. The lowest BCUT2D eigenvalue weighted by Crippen LogP contribution is -2.35. The van der Waals surface area contributed by atoms with Crippen LogP contribution in [0.5, 0.6) is 0 Å². The van der Waals surface area contributed by atoms with Crippen molar-refractivity contribution in [3.05, 3.63) is 90.1 Å². The Hall–Kier alpha value is -3.71. The number of amides is 3. The Morgan fingerprint density at radius 3 is 2.75 bits per heavy atom. The molecule has 4 aromatic rings. The van der Waals surface area contributed by atoms with E-state index in [2.05, 4.69) is 15.6 Å². The number of benzene rings is 3. The van der Waals surface area contributed by atoms with Crippen LogP contribution >= 0.6 is 11.8 Å². The first-order valence-electron chi connectivity index (χ1n) is 10.4. The number of hydrogen-bond acceptors (Lipinski definition) is 3. The predicted molar refractivity (Wildman–Crippen MR) is 129 cm³/mol. The summed E-state index contributed by atoms with van der Waals surface area (Å²) in [5.74, 6) is 0.527. The number of thioether (sulfide) groups is 1. The highest BCUT2D eigenvalue weighted by Gasteiger charge is 2.25. The average Bonchev–Trinajstić information content (AvgIpc) is 3.28. The van der Waals surface area contributed by atoms with Crippen molar-refractivity contribution < 1.29 is 9.59 Å². The maximum atomic E-state index is 12.6. The first-order valence-corrected chi connectivity index (χ1v) is 11.4. The van der Waals surface area contributed by atoms with Gasteiger partial charge in [-0.25, -0.2) is 4.79 Å². The zero-order valence-corrected chi connectivity index (χ0v) is 18.1. The predicted octanol–water partition coefficient (Wildman–Crippen LogP) is 5.13. The molecule has 3 amide bonds.